The van der Waals surface area contributed by atoms with E-state index in [0.29, 0.717) is 31.0 Å². The SMILES string of the molecule is S=c1[nH]cc(Oc2ccc(Cl)cc2Cl)c(=S)[nH]1. The average molecular weight is 305 g/mol. The minimum Gasteiger partial charge on any atom is -0.451 e. The maximum Gasteiger partial charge on any atom is 0.178 e. The number of H-pyrrole nitrogens is 2. The summed E-state index contributed by atoms with van der Waals surface area (Å²) in [5.41, 5.74) is 0. The second-order valence-corrected chi connectivity index (χ2v) is 4.77. The fraction of sp³-hybridized carbons (Fsp3) is 0. The van der Waals surface area contributed by atoms with Gasteiger partial charge in [-0.2, -0.15) is 0 Å². The third kappa shape index (κ3) is 3.07. The molecule has 2 aromatic rings. The molecule has 0 fully saturated rings. The molecule has 0 radical (unpaired) electrons. The molecule has 17 heavy (non-hydrogen) atoms. The molecule has 0 aliphatic carbocycles. The normalized spacial score (nSPS) is 10.2. The number of rotatable bonds is 2. The molecule has 0 amide bonds. The highest BCUT2D eigenvalue weighted by atomic mass is 35.5. The van der Waals surface area contributed by atoms with Gasteiger partial charge in [-0.15, -0.1) is 0 Å². The third-order valence-corrected chi connectivity index (χ3v) is 2.95. The lowest BCUT2D eigenvalue weighted by molar-refractivity contribution is 0.475. The molecule has 0 atom stereocenters. The molecule has 88 valence electrons. The summed E-state index contributed by atoms with van der Waals surface area (Å²) in [5.74, 6) is 0.916. The van der Waals surface area contributed by atoms with Crippen LogP contribution in [0.5, 0.6) is 11.5 Å². The second-order valence-electron chi connectivity index (χ2n) is 3.11. The van der Waals surface area contributed by atoms with Crippen LogP contribution in [0.2, 0.25) is 10.0 Å². The number of hydrogen-bond donors (Lipinski definition) is 2. The molecule has 0 saturated heterocycles. The lowest BCUT2D eigenvalue weighted by atomic mass is 10.3. The molecule has 1 aromatic heterocycles. The Morgan fingerprint density at radius 2 is 1.88 bits per heavy atom. The van der Waals surface area contributed by atoms with E-state index in [9.17, 15) is 0 Å². The van der Waals surface area contributed by atoms with Crippen LogP contribution in [0.25, 0.3) is 0 Å². The van der Waals surface area contributed by atoms with E-state index in [1.165, 1.54) is 0 Å². The fourth-order valence-corrected chi connectivity index (χ4v) is 2.03. The van der Waals surface area contributed by atoms with E-state index in [2.05, 4.69) is 9.97 Å². The predicted octanol–water partition coefficient (Wildman–Crippen LogP) is 4.90. The van der Waals surface area contributed by atoms with Crippen LogP contribution in [-0.2, 0) is 0 Å². The quantitative estimate of drug-likeness (QED) is 0.775. The van der Waals surface area contributed by atoms with Crippen molar-refractivity contribution in [2.75, 3.05) is 0 Å². The van der Waals surface area contributed by atoms with Gasteiger partial charge in [0.15, 0.2) is 10.5 Å². The van der Waals surface area contributed by atoms with Crippen LogP contribution in [-0.4, -0.2) is 9.97 Å². The molecule has 2 N–H and O–H groups in total. The lowest BCUT2D eigenvalue weighted by Gasteiger charge is -2.07. The first-order valence-corrected chi connectivity index (χ1v) is 6.08. The molecule has 0 unspecified atom stereocenters. The van der Waals surface area contributed by atoms with Crippen molar-refractivity contribution in [3.8, 4) is 11.5 Å². The van der Waals surface area contributed by atoms with E-state index in [-0.39, 0.29) is 0 Å². The van der Waals surface area contributed by atoms with Gasteiger partial charge in [-0.05, 0) is 30.4 Å². The van der Waals surface area contributed by atoms with Gasteiger partial charge in [-0.25, -0.2) is 0 Å². The molecular weight excluding hydrogens is 299 g/mol. The van der Waals surface area contributed by atoms with Crippen LogP contribution in [0, 0.1) is 9.41 Å². The predicted molar refractivity (Wildman–Crippen MR) is 73.3 cm³/mol. The first-order valence-electron chi connectivity index (χ1n) is 4.51. The van der Waals surface area contributed by atoms with Gasteiger partial charge < -0.3 is 14.7 Å². The van der Waals surface area contributed by atoms with Gasteiger partial charge in [0.25, 0.3) is 0 Å². The van der Waals surface area contributed by atoms with Crippen molar-refractivity contribution in [1.82, 2.24) is 9.97 Å². The van der Waals surface area contributed by atoms with Gasteiger partial charge in [0.2, 0.25) is 0 Å². The van der Waals surface area contributed by atoms with Crippen molar-refractivity contribution in [3.05, 3.63) is 43.9 Å². The zero-order valence-electron chi connectivity index (χ0n) is 8.29. The number of hydrogen-bond acceptors (Lipinski definition) is 3. The van der Waals surface area contributed by atoms with E-state index in [4.69, 9.17) is 52.4 Å². The van der Waals surface area contributed by atoms with Crippen LogP contribution >= 0.6 is 47.6 Å². The van der Waals surface area contributed by atoms with Crippen LogP contribution in [0.1, 0.15) is 0 Å². The fourth-order valence-electron chi connectivity index (χ4n) is 1.15. The van der Waals surface area contributed by atoms with Gasteiger partial charge in [-0.3, -0.25) is 0 Å². The molecule has 1 heterocycles. The van der Waals surface area contributed by atoms with Gasteiger partial charge in [0.1, 0.15) is 10.4 Å². The van der Waals surface area contributed by atoms with Crippen molar-refractivity contribution in [2.45, 2.75) is 0 Å². The minimum atomic E-state index is 0.403. The Morgan fingerprint density at radius 1 is 1.12 bits per heavy atom. The molecule has 0 spiro atoms. The summed E-state index contributed by atoms with van der Waals surface area (Å²) in [7, 11) is 0. The monoisotopic (exact) mass is 304 g/mol. The number of ether oxygens (including phenoxy) is 1. The summed E-state index contributed by atoms with van der Waals surface area (Å²) in [4.78, 5) is 5.56. The molecule has 1 aromatic carbocycles. The Bertz CT molecular complexity index is 666. The molecular formula is C10H6Cl2N2OS2. The Labute approximate surface area is 117 Å². The van der Waals surface area contributed by atoms with Gasteiger partial charge in [0.05, 0.1) is 5.02 Å². The molecule has 0 bridgehead atoms. The van der Waals surface area contributed by atoms with Gasteiger partial charge in [-0.1, -0.05) is 35.4 Å². The summed E-state index contributed by atoms with van der Waals surface area (Å²) in [6.45, 7) is 0. The number of aromatic amines is 2. The summed E-state index contributed by atoms with van der Waals surface area (Å²) in [5, 5.41) is 0.953. The van der Waals surface area contributed by atoms with Crippen LogP contribution < -0.4 is 4.74 Å². The number of aromatic nitrogens is 2. The highest BCUT2D eigenvalue weighted by Gasteiger charge is 2.05. The smallest absolute Gasteiger partial charge is 0.178 e. The topological polar surface area (TPSA) is 40.8 Å². The Balaban J connectivity index is 2.38. The Hall–Kier alpha value is -0.880. The van der Waals surface area contributed by atoms with Crippen LogP contribution in [0.3, 0.4) is 0 Å². The van der Waals surface area contributed by atoms with Crippen molar-refractivity contribution < 1.29 is 4.74 Å². The van der Waals surface area contributed by atoms with E-state index < -0.39 is 0 Å². The number of halogens is 2. The minimum absolute atomic E-state index is 0.403. The zero-order valence-corrected chi connectivity index (χ0v) is 11.4. The largest absolute Gasteiger partial charge is 0.451 e. The number of nitrogens with one attached hydrogen (secondary N) is 2. The van der Waals surface area contributed by atoms with Crippen LogP contribution in [0.4, 0.5) is 0 Å². The molecule has 0 aliphatic rings. The molecule has 0 saturated carbocycles. The molecule has 7 heteroatoms. The van der Waals surface area contributed by atoms with Crippen molar-refractivity contribution in [3.63, 3.8) is 0 Å². The third-order valence-electron chi connectivity index (χ3n) is 1.90. The summed E-state index contributed by atoms with van der Waals surface area (Å²) in [6.07, 6.45) is 1.58. The van der Waals surface area contributed by atoms with E-state index in [0.717, 1.165) is 0 Å². The second kappa shape index (κ2) is 5.18. The van der Waals surface area contributed by atoms with E-state index in [1.54, 1.807) is 24.4 Å². The summed E-state index contributed by atoms with van der Waals surface area (Å²) < 4.78 is 6.38. The van der Waals surface area contributed by atoms with E-state index >= 15 is 0 Å². The standard InChI is InChI=1S/C10H6Cl2N2OS2/c11-5-1-2-7(6(12)3-5)15-8-4-13-10(17)14-9(8)16/h1-4H,(H2,13,14,16,17). The van der Waals surface area contributed by atoms with Crippen molar-refractivity contribution in [1.29, 1.82) is 0 Å². The lowest BCUT2D eigenvalue weighted by Crippen LogP contribution is -1.90. The molecule has 0 aliphatic heterocycles. The first-order chi connectivity index (χ1) is 8.06. The Morgan fingerprint density at radius 3 is 2.53 bits per heavy atom. The van der Waals surface area contributed by atoms with Gasteiger partial charge in [0, 0.05) is 11.2 Å². The summed E-state index contributed by atoms with van der Waals surface area (Å²) in [6, 6.07) is 4.94. The summed E-state index contributed by atoms with van der Waals surface area (Å²) >= 11 is 21.7. The first kappa shape index (κ1) is 12.6. The maximum atomic E-state index is 5.98. The van der Waals surface area contributed by atoms with Crippen LogP contribution in [0.15, 0.2) is 24.4 Å². The van der Waals surface area contributed by atoms with E-state index in [1.807, 2.05) is 0 Å². The Kier molecular flexibility index (Phi) is 3.83. The molecule has 3 nitrogen and oxygen atoms in total. The highest BCUT2D eigenvalue weighted by Crippen LogP contribution is 2.31. The highest BCUT2D eigenvalue weighted by molar-refractivity contribution is 7.72. The van der Waals surface area contributed by atoms with Gasteiger partial charge >= 0.3 is 0 Å². The maximum absolute atomic E-state index is 5.98. The molecule has 2 rings (SSSR count). The number of benzene rings is 1. The zero-order chi connectivity index (χ0) is 12.4. The van der Waals surface area contributed by atoms with Crippen molar-refractivity contribution in [2.24, 2.45) is 0 Å². The van der Waals surface area contributed by atoms with Crippen molar-refractivity contribution >= 4 is 47.6 Å². The average Bonchev–Trinajstić information content (AvgIpc) is 2.25.